The van der Waals surface area contributed by atoms with Crippen molar-refractivity contribution >= 4 is 33.5 Å². The Morgan fingerprint density at radius 1 is 0.411 bits per heavy atom. The lowest BCUT2D eigenvalue weighted by Crippen LogP contribution is -2.61. The van der Waals surface area contributed by atoms with Gasteiger partial charge in [-0.2, -0.15) is 0 Å². The van der Waals surface area contributed by atoms with Gasteiger partial charge in [-0.3, -0.25) is 47.1 Å². The Morgan fingerprint density at radius 3 is 1.11 bits per heavy atom. The van der Waals surface area contributed by atoms with E-state index in [2.05, 4.69) is 42.5 Å². The average Bonchev–Trinajstić information content (AvgIpc) is 3.99. The van der Waals surface area contributed by atoms with Crippen LogP contribution in [-0.2, 0) is 8.14 Å². The van der Waals surface area contributed by atoms with E-state index in [1.807, 2.05) is 60.7 Å². The lowest BCUT2D eigenvalue weighted by Gasteiger charge is -2.39. The lowest BCUT2D eigenvalue weighted by atomic mass is 9.76. The normalized spacial score (nSPS) is 46.0. The van der Waals surface area contributed by atoms with E-state index in [9.17, 15) is 0 Å². The molecular formula is C44H66AlN8O2P. The first-order valence-corrected chi connectivity index (χ1v) is 26.1. The highest BCUT2D eigenvalue weighted by atomic mass is 31.2. The molecule has 8 N–H and O–H groups in total. The minimum Gasteiger partial charge on any atom is -0.451 e. The van der Waals surface area contributed by atoms with E-state index < -0.39 is 22.9 Å². The van der Waals surface area contributed by atoms with Gasteiger partial charge < -0.3 is 3.58 Å². The molecule has 9 aliphatic rings. The zero-order valence-electron chi connectivity index (χ0n) is 33.2. The molecule has 0 aromatic heterocycles. The van der Waals surface area contributed by atoms with Crippen LogP contribution in [0.15, 0.2) is 60.7 Å². The predicted molar refractivity (Wildman–Crippen MR) is 224 cm³/mol. The standard InChI is InChI=1S/C32H55N8.C12H11O2P.Al.H/c1-2-10-18-17(9-1)25-33-26(18)38-28-21-13-5-6-14-22(21)30(35-28)40-32-24-16-8-7-15-23(24)31(36-32)39-29-20-12-4-3-11-19(20)27(34-29)37-25;13-15(14,11-7-3-1-4-8-11)12-9-5-2-6-10-12;;/h9,17-40H,1-8,10-16H2;1-10H,(H,13,14);;/q;;+1;/p-1. The van der Waals surface area contributed by atoms with Gasteiger partial charge in [0, 0.05) is 10.6 Å². The summed E-state index contributed by atoms with van der Waals surface area (Å²) in [7, 11) is -3.23. The number of hydrogen-bond donors (Lipinski definition) is 8. The smallest absolute Gasteiger partial charge is 0.448 e. The second kappa shape index (κ2) is 16.0. The molecule has 56 heavy (non-hydrogen) atoms. The lowest BCUT2D eigenvalue weighted by molar-refractivity contribution is 0.166. The Bertz CT molecular complexity index is 1670. The molecule has 12 heteroatoms. The zero-order chi connectivity index (χ0) is 37.2. The Kier molecular flexibility index (Phi) is 10.8. The van der Waals surface area contributed by atoms with Crippen molar-refractivity contribution in [2.24, 2.45) is 47.3 Å². The van der Waals surface area contributed by atoms with Gasteiger partial charge in [0.25, 0.3) is 0 Å². The van der Waals surface area contributed by atoms with Crippen LogP contribution in [0.5, 0.6) is 0 Å². The second-order valence-corrected chi connectivity index (χ2v) is 24.0. The van der Waals surface area contributed by atoms with Gasteiger partial charge in [0.05, 0.1) is 49.3 Å². The monoisotopic (exact) mass is 796 g/mol. The molecule has 2 aromatic rings. The van der Waals surface area contributed by atoms with Gasteiger partial charge in [0.15, 0.2) is 0 Å². The van der Waals surface area contributed by atoms with Crippen molar-refractivity contribution in [1.29, 1.82) is 0 Å². The van der Waals surface area contributed by atoms with Crippen LogP contribution in [0.1, 0.15) is 96.3 Å². The topological polar surface area (TPSA) is 123 Å². The van der Waals surface area contributed by atoms with Gasteiger partial charge in [-0.05, 0) is 117 Å². The van der Waals surface area contributed by atoms with E-state index in [0.29, 0.717) is 83.0 Å². The molecule has 0 radical (unpaired) electrons. The minimum absolute atomic E-state index is 0.174. The summed E-state index contributed by atoms with van der Waals surface area (Å²) in [5, 5.41) is 35.8. The van der Waals surface area contributed by atoms with Crippen LogP contribution in [0, 0.1) is 47.3 Å². The zero-order valence-corrected chi connectivity index (χ0v) is 35.5. The first kappa shape index (κ1) is 37.8. The van der Waals surface area contributed by atoms with Crippen molar-refractivity contribution < 1.29 is 8.14 Å². The molecule has 2 aromatic carbocycles. The van der Waals surface area contributed by atoms with Gasteiger partial charge in [0.2, 0.25) is 7.37 Å². The van der Waals surface area contributed by atoms with Crippen LogP contribution in [0.4, 0.5) is 0 Å². The fraction of sp³-hybridized carbons (Fsp3) is 0.727. The molecule has 4 saturated carbocycles. The number of fused-ring (bicyclic) bond motifs is 20. The number of benzene rings is 2. The molecule has 5 heterocycles. The average molecular weight is 797 g/mol. The van der Waals surface area contributed by atoms with E-state index in [1.54, 1.807) is 0 Å². The number of nitrogens with one attached hydrogen (secondary N) is 8. The third-order valence-electron chi connectivity index (χ3n) is 16.7. The molecule has 5 saturated heterocycles. The van der Waals surface area contributed by atoms with Crippen molar-refractivity contribution in [2.45, 2.75) is 150 Å². The van der Waals surface area contributed by atoms with Crippen LogP contribution in [0.2, 0.25) is 4.78 Å². The molecule has 302 valence electrons. The van der Waals surface area contributed by atoms with Crippen molar-refractivity contribution in [3.8, 4) is 0 Å². The largest absolute Gasteiger partial charge is 0.451 e. The van der Waals surface area contributed by atoms with E-state index >= 15 is 4.57 Å². The summed E-state index contributed by atoms with van der Waals surface area (Å²) in [5.74, 6) is 4.85. The summed E-state index contributed by atoms with van der Waals surface area (Å²) < 4.78 is 22.6. The van der Waals surface area contributed by atoms with Crippen LogP contribution in [0.25, 0.3) is 0 Å². The Labute approximate surface area is 341 Å². The Morgan fingerprint density at radius 2 is 0.732 bits per heavy atom. The summed E-state index contributed by atoms with van der Waals surface area (Å²) in [6.07, 6.45) is 21.8. The summed E-state index contributed by atoms with van der Waals surface area (Å²) in [6.45, 7) is 0. The minimum atomic E-state index is -3.23. The van der Waals surface area contributed by atoms with Gasteiger partial charge >= 0.3 is 15.6 Å². The van der Waals surface area contributed by atoms with E-state index in [1.165, 1.54) is 89.9 Å². The van der Waals surface area contributed by atoms with E-state index in [-0.39, 0.29) is 18.5 Å². The van der Waals surface area contributed by atoms with Crippen LogP contribution < -0.4 is 53.1 Å². The maximum atomic E-state index is 15.1. The molecule has 0 amide bonds. The van der Waals surface area contributed by atoms with Crippen LogP contribution in [0.3, 0.4) is 0 Å². The number of rotatable bonds is 5. The number of hydrogen-bond acceptors (Lipinski definition) is 10. The third kappa shape index (κ3) is 6.86. The highest BCUT2D eigenvalue weighted by Crippen LogP contribution is 2.51. The van der Waals surface area contributed by atoms with Crippen molar-refractivity contribution in [3.05, 3.63) is 60.7 Å². The van der Waals surface area contributed by atoms with Gasteiger partial charge in [0.1, 0.15) is 0 Å². The van der Waals surface area contributed by atoms with Crippen molar-refractivity contribution in [3.63, 3.8) is 0 Å². The Balaban J connectivity index is 0.919. The third-order valence-corrected chi connectivity index (χ3v) is 22.1. The molecule has 0 spiro atoms. The highest BCUT2D eigenvalue weighted by molar-refractivity contribution is 7.75. The van der Waals surface area contributed by atoms with Gasteiger partial charge in [-0.25, -0.2) is 0 Å². The molecule has 4 aliphatic carbocycles. The molecule has 8 bridgehead atoms. The van der Waals surface area contributed by atoms with Crippen molar-refractivity contribution in [2.75, 3.05) is 0 Å². The molecule has 11 rings (SSSR count). The SMILES string of the molecule is O=P([O][AlH][CH]1CCCC2C3NC4NC(NC5NC(NC6NC(NC(N3)C12)C1CCCCC61)C1CCCCC51)C1CCCCC41)(c1ccccc1)c1ccccc1. The first-order chi connectivity index (χ1) is 27.6. The quantitative estimate of drug-likeness (QED) is 0.164. The summed E-state index contributed by atoms with van der Waals surface area (Å²) in [5.41, 5.74) is 0. The first-order valence-electron chi connectivity index (χ1n) is 23.0. The second-order valence-electron chi connectivity index (χ2n) is 19.4. The van der Waals surface area contributed by atoms with Gasteiger partial charge in [-0.15, -0.1) is 0 Å². The summed E-state index contributed by atoms with van der Waals surface area (Å²) >= 11 is -1.20. The summed E-state index contributed by atoms with van der Waals surface area (Å²) in [6, 6.07) is 20.1. The highest BCUT2D eigenvalue weighted by Gasteiger charge is 2.56. The fourth-order valence-electron chi connectivity index (χ4n) is 14.1. The van der Waals surface area contributed by atoms with Crippen molar-refractivity contribution in [1.82, 2.24) is 42.5 Å². The van der Waals surface area contributed by atoms with Gasteiger partial charge in [-0.1, -0.05) is 92.5 Å². The molecule has 17 atom stereocenters. The van der Waals surface area contributed by atoms with Crippen LogP contribution in [-0.4, -0.2) is 64.9 Å². The molecule has 5 aliphatic heterocycles. The molecule has 17 unspecified atom stereocenters. The predicted octanol–water partition coefficient (Wildman–Crippen LogP) is 4.30. The maximum absolute atomic E-state index is 15.1. The van der Waals surface area contributed by atoms with E-state index in [4.69, 9.17) is 3.58 Å². The molecule has 9 fully saturated rings. The van der Waals surface area contributed by atoms with Crippen LogP contribution >= 0.6 is 7.37 Å². The van der Waals surface area contributed by atoms with E-state index in [0.717, 1.165) is 17.0 Å². The molecular weight excluding hydrogens is 730 g/mol. The molecule has 10 nitrogen and oxygen atoms in total. The summed E-state index contributed by atoms with van der Waals surface area (Å²) in [4.78, 5) is 0. The Hall–Kier alpha value is -1.16. The fourth-order valence-corrected chi connectivity index (χ4v) is 19.7. The maximum Gasteiger partial charge on any atom is 0.448 e.